The van der Waals surface area contributed by atoms with Crippen molar-refractivity contribution in [1.82, 2.24) is 10.9 Å². The van der Waals surface area contributed by atoms with Gasteiger partial charge in [0.2, 0.25) is 5.91 Å². The van der Waals surface area contributed by atoms with Crippen molar-refractivity contribution in [1.29, 1.82) is 0 Å². The van der Waals surface area contributed by atoms with Gasteiger partial charge in [0.25, 0.3) is 0 Å². The zero-order valence-electron chi connectivity index (χ0n) is 13.3. The SMILES string of the molecule is Cc1ccc(NC(=O)C2CC(c3ccccc3O)NN2)c(C)c1. The Morgan fingerprint density at radius 1 is 1.17 bits per heavy atom. The molecule has 4 N–H and O–H groups in total. The number of hydrazine groups is 1. The quantitative estimate of drug-likeness (QED) is 0.703. The van der Waals surface area contributed by atoms with Gasteiger partial charge in [-0.2, -0.15) is 0 Å². The van der Waals surface area contributed by atoms with E-state index in [4.69, 9.17) is 0 Å². The second-order valence-electron chi connectivity index (χ2n) is 6.00. The molecule has 5 nitrogen and oxygen atoms in total. The van der Waals surface area contributed by atoms with Crippen molar-refractivity contribution in [3.8, 4) is 5.75 Å². The van der Waals surface area contributed by atoms with Gasteiger partial charge in [0.05, 0.1) is 6.04 Å². The molecule has 2 aromatic carbocycles. The van der Waals surface area contributed by atoms with Gasteiger partial charge >= 0.3 is 0 Å². The number of rotatable bonds is 3. The highest BCUT2D eigenvalue weighted by atomic mass is 16.3. The summed E-state index contributed by atoms with van der Waals surface area (Å²) in [5, 5.41) is 12.9. The summed E-state index contributed by atoms with van der Waals surface area (Å²) in [5.74, 6) is 0.157. The van der Waals surface area contributed by atoms with Crippen molar-refractivity contribution >= 4 is 11.6 Å². The van der Waals surface area contributed by atoms with Crippen molar-refractivity contribution in [3.05, 3.63) is 59.2 Å². The number of amides is 1. The molecule has 1 fully saturated rings. The summed E-state index contributed by atoms with van der Waals surface area (Å²) in [5.41, 5.74) is 9.92. The number of carbonyl (C=O) groups is 1. The number of phenolic OH excluding ortho intramolecular Hbond substituents is 1. The van der Waals surface area contributed by atoms with Gasteiger partial charge in [-0.1, -0.05) is 35.9 Å². The van der Waals surface area contributed by atoms with Crippen molar-refractivity contribution in [2.24, 2.45) is 0 Å². The molecular formula is C18H21N3O2. The lowest BCUT2D eigenvalue weighted by molar-refractivity contribution is -0.117. The summed E-state index contributed by atoms with van der Waals surface area (Å²) in [6.45, 7) is 4.01. The van der Waals surface area contributed by atoms with Crippen LogP contribution in [0, 0.1) is 13.8 Å². The van der Waals surface area contributed by atoms with Gasteiger partial charge in [-0.15, -0.1) is 0 Å². The minimum atomic E-state index is -0.347. The minimum absolute atomic E-state index is 0.0811. The summed E-state index contributed by atoms with van der Waals surface area (Å²) in [4.78, 5) is 12.4. The van der Waals surface area contributed by atoms with Gasteiger partial charge in [0, 0.05) is 11.3 Å². The maximum atomic E-state index is 12.4. The molecule has 1 amide bonds. The summed E-state index contributed by atoms with van der Waals surface area (Å²) in [6, 6.07) is 12.7. The van der Waals surface area contributed by atoms with E-state index in [1.165, 1.54) is 5.56 Å². The van der Waals surface area contributed by atoms with Gasteiger partial charge in [-0.3, -0.25) is 4.79 Å². The lowest BCUT2D eigenvalue weighted by Crippen LogP contribution is -2.39. The third-order valence-electron chi connectivity index (χ3n) is 4.17. The summed E-state index contributed by atoms with van der Waals surface area (Å²) < 4.78 is 0. The number of para-hydroxylation sites is 1. The number of phenols is 1. The fourth-order valence-electron chi connectivity index (χ4n) is 2.89. The number of aromatic hydroxyl groups is 1. The molecule has 0 aliphatic carbocycles. The summed E-state index contributed by atoms with van der Waals surface area (Å²) in [6.07, 6.45) is 0.578. The molecule has 23 heavy (non-hydrogen) atoms. The molecule has 1 aliphatic rings. The van der Waals surface area contributed by atoms with E-state index in [1.54, 1.807) is 12.1 Å². The van der Waals surface area contributed by atoms with Gasteiger partial charge in [0.15, 0.2) is 0 Å². The average molecular weight is 311 g/mol. The third-order valence-corrected chi connectivity index (χ3v) is 4.17. The van der Waals surface area contributed by atoms with Crippen LogP contribution in [0.25, 0.3) is 0 Å². The number of hydrogen-bond acceptors (Lipinski definition) is 4. The highest BCUT2D eigenvalue weighted by Gasteiger charge is 2.31. The van der Waals surface area contributed by atoms with Gasteiger partial charge in [-0.25, -0.2) is 10.9 Å². The van der Waals surface area contributed by atoms with Crippen LogP contribution in [0.15, 0.2) is 42.5 Å². The number of benzene rings is 2. The number of anilines is 1. The molecule has 0 spiro atoms. The molecule has 0 bridgehead atoms. The fraction of sp³-hybridized carbons (Fsp3) is 0.278. The molecule has 1 heterocycles. The van der Waals surface area contributed by atoms with Crippen LogP contribution in [0.4, 0.5) is 5.69 Å². The molecule has 0 aromatic heterocycles. The Labute approximate surface area is 135 Å². The van der Waals surface area contributed by atoms with Gasteiger partial charge < -0.3 is 10.4 Å². The van der Waals surface area contributed by atoms with Crippen LogP contribution in [-0.2, 0) is 4.79 Å². The Morgan fingerprint density at radius 3 is 2.70 bits per heavy atom. The Balaban J connectivity index is 1.67. The molecule has 1 aliphatic heterocycles. The Hall–Kier alpha value is -2.37. The van der Waals surface area contributed by atoms with E-state index >= 15 is 0 Å². The van der Waals surface area contributed by atoms with Gasteiger partial charge in [-0.05, 0) is 38.0 Å². The maximum Gasteiger partial charge on any atom is 0.242 e. The first-order chi connectivity index (χ1) is 11.0. The van der Waals surface area contributed by atoms with E-state index in [1.807, 2.05) is 44.2 Å². The van der Waals surface area contributed by atoms with Gasteiger partial charge in [0.1, 0.15) is 11.8 Å². The maximum absolute atomic E-state index is 12.4. The van der Waals surface area contributed by atoms with Crippen LogP contribution in [0.1, 0.15) is 29.2 Å². The molecule has 0 saturated carbocycles. The van der Waals surface area contributed by atoms with Crippen LogP contribution in [0.3, 0.4) is 0 Å². The molecule has 3 rings (SSSR count). The van der Waals surface area contributed by atoms with E-state index in [0.717, 1.165) is 16.8 Å². The topological polar surface area (TPSA) is 73.4 Å². The van der Waals surface area contributed by atoms with Crippen molar-refractivity contribution in [2.45, 2.75) is 32.4 Å². The highest BCUT2D eigenvalue weighted by molar-refractivity contribution is 5.95. The summed E-state index contributed by atoms with van der Waals surface area (Å²) >= 11 is 0. The molecule has 0 radical (unpaired) electrons. The Kier molecular flexibility index (Phi) is 4.32. The monoisotopic (exact) mass is 311 g/mol. The molecule has 5 heteroatoms. The molecule has 1 saturated heterocycles. The second-order valence-corrected chi connectivity index (χ2v) is 6.00. The van der Waals surface area contributed by atoms with E-state index in [2.05, 4.69) is 16.2 Å². The Morgan fingerprint density at radius 2 is 1.96 bits per heavy atom. The molecule has 2 unspecified atom stereocenters. The number of aryl methyl sites for hydroxylation is 2. The number of nitrogens with one attached hydrogen (secondary N) is 3. The van der Waals surface area contributed by atoms with Crippen LogP contribution < -0.4 is 16.2 Å². The van der Waals surface area contributed by atoms with Crippen LogP contribution in [-0.4, -0.2) is 17.1 Å². The first-order valence-electron chi connectivity index (χ1n) is 7.71. The van der Waals surface area contributed by atoms with Crippen LogP contribution >= 0.6 is 0 Å². The zero-order valence-corrected chi connectivity index (χ0v) is 13.3. The smallest absolute Gasteiger partial charge is 0.242 e. The third kappa shape index (κ3) is 3.36. The van der Waals surface area contributed by atoms with E-state index in [9.17, 15) is 9.90 Å². The van der Waals surface area contributed by atoms with Crippen LogP contribution in [0.2, 0.25) is 0 Å². The van der Waals surface area contributed by atoms with E-state index in [-0.39, 0.29) is 23.7 Å². The first kappa shape index (κ1) is 15.5. The minimum Gasteiger partial charge on any atom is -0.508 e. The van der Waals surface area contributed by atoms with Crippen LogP contribution in [0.5, 0.6) is 5.75 Å². The Bertz CT molecular complexity index is 730. The first-order valence-corrected chi connectivity index (χ1v) is 7.71. The number of carbonyl (C=O) groups excluding carboxylic acids is 1. The highest BCUT2D eigenvalue weighted by Crippen LogP contribution is 2.29. The molecule has 2 atom stereocenters. The number of hydrogen-bond donors (Lipinski definition) is 4. The second kappa shape index (κ2) is 6.40. The predicted molar refractivity (Wildman–Crippen MR) is 90.1 cm³/mol. The van der Waals surface area contributed by atoms with E-state index in [0.29, 0.717) is 6.42 Å². The average Bonchev–Trinajstić information content (AvgIpc) is 3.00. The van der Waals surface area contributed by atoms with Crippen molar-refractivity contribution in [3.63, 3.8) is 0 Å². The predicted octanol–water partition coefficient (Wildman–Crippen LogP) is 2.56. The zero-order chi connectivity index (χ0) is 16.4. The fourth-order valence-corrected chi connectivity index (χ4v) is 2.89. The van der Waals surface area contributed by atoms with Crippen molar-refractivity contribution < 1.29 is 9.90 Å². The van der Waals surface area contributed by atoms with Crippen molar-refractivity contribution in [2.75, 3.05) is 5.32 Å². The normalized spacial score (nSPS) is 20.4. The lowest BCUT2D eigenvalue weighted by atomic mass is 10.0. The standard InChI is InChI=1S/C18H21N3O2/c1-11-7-8-14(12(2)9-11)19-18(23)16-10-15(20-21-16)13-5-3-4-6-17(13)22/h3-9,15-16,20-22H,10H2,1-2H3,(H,19,23). The molecule has 120 valence electrons. The van der Waals surface area contributed by atoms with E-state index < -0.39 is 0 Å². The largest absolute Gasteiger partial charge is 0.508 e. The molecule has 2 aromatic rings. The molecular weight excluding hydrogens is 290 g/mol. The summed E-state index contributed by atoms with van der Waals surface area (Å²) in [7, 11) is 0. The lowest BCUT2D eigenvalue weighted by Gasteiger charge is -2.13.